The summed E-state index contributed by atoms with van der Waals surface area (Å²) in [6.07, 6.45) is 1.97. The molecule has 1 spiro atoms. The number of amides is 2. The maximum atomic E-state index is 14.0. The zero-order chi connectivity index (χ0) is 24.5. The molecule has 0 aliphatic carbocycles. The van der Waals surface area contributed by atoms with Gasteiger partial charge < -0.3 is 24.4 Å². The minimum Gasteiger partial charge on any atom is -0.507 e. The van der Waals surface area contributed by atoms with Gasteiger partial charge >= 0.3 is 0 Å². The topological polar surface area (TPSA) is 96.4 Å². The zero-order valence-corrected chi connectivity index (χ0v) is 19.6. The molecule has 1 N–H and O–H groups in total. The van der Waals surface area contributed by atoms with Crippen molar-refractivity contribution in [1.82, 2.24) is 4.90 Å². The number of Topliss-reactive ketones (excluding diaryl/α,β-unsaturated/α-hetero) is 1. The Morgan fingerprint density at radius 2 is 1.97 bits per heavy atom. The average molecular weight is 475 g/mol. The van der Waals surface area contributed by atoms with Crippen LogP contribution in [0.1, 0.15) is 36.5 Å². The summed E-state index contributed by atoms with van der Waals surface area (Å²) in [5.41, 5.74) is 0.422. The summed E-state index contributed by atoms with van der Waals surface area (Å²) in [7, 11) is 1.62. The van der Waals surface area contributed by atoms with Crippen LogP contribution in [-0.4, -0.2) is 60.0 Å². The molecule has 2 amide bonds. The molecule has 4 heterocycles. The minimum absolute atomic E-state index is 0.00918. The molecule has 2 aromatic rings. The summed E-state index contributed by atoms with van der Waals surface area (Å²) in [6.45, 7) is 2.62. The van der Waals surface area contributed by atoms with E-state index in [9.17, 15) is 19.5 Å². The Bertz CT molecular complexity index is 1310. The molecule has 8 heteroatoms. The van der Waals surface area contributed by atoms with Crippen molar-refractivity contribution in [1.29, 1.82) is 0 Å². The van der Waals surface area contributed by atoms with E-state index in [-0.39, 0.29) is 30.1 Å². The summed E-state index contributed by atoms with van der Waals surface area (Å²) in [4.78, 5) is 43.8. The van der Waals surface area contributed by atoms with Gasteiger partial charge in [0.1, 0.15) is 17.6 Å². The molecule has 0 saturated carbocycles. The van der Waals surface area contributed by atoms with Crippen LogP contribution in [0.2, 0.25) is 0 Å². The second-order valence-corrected chi connectivity index (χ2v) is 9.65. The summed E-state index contributed by atoms with van der Waals surface area (Å²) < 4.78 is 11.5. The normalized spacial score (nSPS) is 28.7. The lowest BCUT2D eigenvalue weighted by molar-refractivity contribution is -0.145. The summed E-state index contributed by atoms with van der Waals surface area (Å²) in [5, 5.41) is 11.6. The number of para-hydroxylation sites is 1. The molecule has 2 fully saturated rings. The van der Waals surface area contributed by atoms with E-state index in [1.54, 1.807) is 49.5 Å². The number of carbonyl (C=O) groups excluding carboxylic acids is 3. The molecule has 0 unspecified atom stereocenters. The van der Waals surface area contributed by atoms with Gasteiger partial charge in [-0.25, -0.2) is 0 Å². The quantitative estimate of drug-likeness (QED) is 0.418. The lowest BCUT2D eigenvalue weighted by Gasteiger charge is -2.35. The number of hydrogen-bond acceptors (Lipinski definition) is 6. The fourth-order valence-electron chi connectivity index (χ4n) is 5.93. The Morgan fingerprint density at radius 1 is 1.17 bits per heavy atom. The van der Waals surface area contributed by atoms with Crippen molar-refractivity contribution in [2.24, 2.45) is 0 Å². The molecule has 4 aliphatic rings. The molecule has 4 aliphatic heterocycles. The van der Waals surface area contributed by atoms with Crippen molar-refractivity contribution >= 4 is 29.0 Å². The van der Waals surface area contributed by atoms with E-state index in [4.69, 9.17) is 9.47 Å². The Kier molecular flexibility index (Phi) is 4.79. The largest absolute Gasteiger partial charge is 0.507 e. The number of aliphatic hydroxyl groups is 1. The molecule has 0 radical (unpaired) electrons. The number of ether oxygens (including phenoxy) is 2. The Morgan fingerprint density at radius 3 is 2.74 bits per heavy atom. The van der Waals surface area contributed by atoms with Gasteiger partial charge in [-0.05, 0) is 49.6 Å². The third-order valence-corrected chi connectivity index (χ3v) is 7.52. The van der Waals surface area contributed by atoms with Gasteiger partial charge in [0.2, 0.25) is 0 Å². The number of hydrogen-bond donors (Lipinski definition) is 1. The molecule has 3 atom stereocenters. The zero-order valence-electron chi connectivity index (χ0n) is 19.6. The number of benzene rings is 2. The van der Waals surface area contributed by atoms with Gasteiger partial charge in [-0.1, -0.05) is 18.2 Å². The third kappa shape index (κ3) is 2.92. The van der Waals surface area contributed by atoms with E-state index in [2.05, 4.69) is 0 Å². The van der Waals surface area contributed by atoms with Crippen LogP contribution < -0.4 is 9.64 Å². The Hall–Kier alpha value is -3.65. The van der Waals surface area contributed by atoms with E-state index in [1.807, 2.05) is 6.92 Å². The second-order valence-electron chi connectivity index (χ2n) is 9.65. The van der Waals surface area contributed by atoms with Crippen LogP contribution in [0.15, 0.2) is 48.0 Å². The summed E-state index contributed by atoms with van der Waals surface area (Å²) >= 11 is 0. The fraction of sp³-hybridized carbons (Fsp3) is 0.370. The van der Waals surface area contributed by atoms with E-state index < -0.39 is 23.1 Å². The second kappa shape index (κ2) is 7.68. The van der Waals surface area contributed by atoms with Crippen LogP contribution in [0, 0.1) is 0 Å². The lowest BCUT2D eigenvalue weighted by atomic mass is 9.81. The number of carbonyl (C=O) groups is 3. The van der Waals surface area contributed by atoms with Crippen LogP contribution in [-0.2, 0) is 31.1 Å². The van der Waals surface area contributed by atoms with E-state index in [0.717, 1.165) is 24.2 Å². The van der Waals surface area contributed by atoms with Crippen LogP contribution in [0.3, 0.4) is 0 Å². The molecular formula is C27H26N2O6. The van der Waals surface area contributed by atoms with Crippen molar-refractivity contribution in [3.8, 4) is 5.75 Å². The van der Waals surface area contributed by atoms with Gasteiger partial charge in [-0.3, -0.25) is 14.4 Å². The van der Waals surface area contributed by atoms with Gasteiger partial charge in [0.05, 0.1) is 11.7 Å². The summed E-state index contributed by atoms with van der Waals surface area (Å²) in [6, 6.07) is 12.3. The van der Waals surface area contributed by atoms with Gasteiger partial charge in [0.25, 0.3) is 17.6 Å². The van der Waals surface area contributed by atoms with Crippen LogP contribution in [0.4, 0.5) is 5.69 Å². The van der Waals surface area contributed by atoms with Gasteiger partial charge in [0, 0.05) is 43.4 Å². The fourth-order valence-corrected chi connectivity index (χ4v) is 5.93. The SMILES string of the molecule is C[C@@H]1Cc2cc(C(O)=C3C(=O)C(=O)N(C[C@H]4CCCO4)[C@]34C(=O)N(C)c3ccccc34)ccc2O1. The van der Waals surface area contributed by atoms with Crippen LogP contribution in [0.25, 0.3) is 5.76 Å². The molecule has 8 nitrogen and oxygen atoms in total. The number of anilines is 1. The molecule has 2 saturated heterocycles. The maximum Gasteiger partial charge on any atom is 0.296 e. The van der Waals surface area contributed by atoms with Crippen molar-refractivity contribution in [3.63, 3.8) is 0 Å². The highest BCUT2D eigenvalue weighted by Gasteiger charge is 2.67. The molecule has 180 valence electrons. The molecule has 0 aromatic heterocycles. The first kappa shape index (κ1) is 21.9. The number of fused-ring (bicyclic) bond motifs is 3. The first-order valence-electron chi connectivity index (χ1n) is 11.9. The predicted octanol–water partition coefficient (Wildman–Crippen LogP) is 2.74. The predicted molar refractivity (Wildman–Crippen MR) is 127 cm³/mol. The van der Waals surface area contributed by atoms with Crippen LogP contribution >= 0.6 is 0 Å². The van der Waals surface area contributed by atoms with Crippen molar-refractivity contribution in [2.45, 2.75) is 43.9 Å². The van der Waals surface area contributed by atoms with Gasteiger partial charge in [0.15, 0.2) is 5.54 Å². The van der Waals surface area contributed by atoms with Crippen molar-refractivity contribution in [3.05, 3.63) is 64.7 Å². The number of aliphatic hydroxyl groups excluding tert-OH is 1. The number of rotatable bonds is 3. The molecule has 2 aromatic carbocycles. The van der Waals surface area contributed by atoms with Crippen molar-refractivity contribution in [2.75, 3.05) is 25.1 Å². The number of nitrogens with zero attached hydrogens (tertiary/aromatic N) is 2. The highest BCUT2D eigenvalue weighted by atomic mass is 16.5. The lowest BCUT2D eigenvalue weighted by Crippen LogP contribution is -2.53. The highest BCUT2D eigenvalue weighted by Crippen LogP contribution is 2.53. The van der Waals surface area contributed by atoms with E-state index >= 15 is 0 Å². The maximum absolute atomic E-state index is 14.0. The monoisotopic (exact) mass is 474 g/mol. The standard InChI is InChI=1S/C27H26N2O6/c1-15-12-17-13-16(9-10-21(17)35-15)23(30)22-24(31)25(32)29(14-18-6-5-11-34-18)27(22)19-7-3-4-8-20(19)28(2)26(27)33/h3-4,7-10,13,15,18,30H,5-6,11-12,14H2,1-2H3/t15-,18-,27+/m1/s1. The van der Waals surface area contributed by atoms with E-state index in [1.165, 1.54) is 9.80 Å². The molecule has 35 heavy (non-hydrogen) atoms. The molecule has 0 bridgehead atoms. The van der Waals surface area contributed by atoms with Gasteiger partial charge in [-0.15, -0.1) is 0 Å². The third-order valence-electron chi connectivity index (χ3n) is 7.52. The Balaban J connectivity index is 1.59. The van der Waals surface area contributed by atoms with Crippen molar-refractivity contribution < 1.29 is 29.0 Å². The van der Waals surface area contributed by atoms with Crippen LogP contribution in [0.5, 0.6) is 5.75 Å². The minimum atomic E-state index is -1.75. The van der Waals surface area contributed by atoms with Gasteiger partial charge in [-0.2, -0.15) is 0 Å². The number of ketones is 1. The highest BCUT2D eigenvalue weighted by molar-refractivity contribution is 6.50. The van der Waals surface area contributed by atoms with E-state index in [0.29, 0.717) is 29.8 Å². The first-order valence-corrected chi connectivity index (χ1v) is 11.9. The smallest absolute Gasteiger partial charge is 0.296 e. The number of likely N-dealkylation sites (tertiary alicyclic amines) is 1. The summed E-state index contributed by atoms with van der Waals surface area (Å²) in [5.74, 6) is -1.76. The molecular weight excluding hydrogens is 448 g/mol. The first-order chi connectivity index (χ1) is 16.8. The average Bonchev–Trinajstić information content (AvgIpc) is 3.59. The Labute approximate surface area is 202 Å². The molecule has 6 rings (SSSR count). The number of likely N-dealkylation sites (N-methyl/N-ethyl adjacent to an activating group) is 1.